The third-order valence-corrected chi connectivity index (χ3v) is 13.9. The van der Waals surface area contributed by atoms with Crippen molar-refractivity contribution in [3.8, 4) is 17.2 Å². The van der Waals surface area contributed by atoms with Crippen LogP contribution < -0.4 is 14.5 Å². The molecule has 0 aromatic heterocycles. The van der Waals surface area contributed by atoms with Crippen LogP contribution in [0, 0.1) is 5.41 Å². The predicted octanol–water partition coefficient (Wildman–Crippen LogP) is 2.68. The number of ether oxygens (including phenoxy) is 2. The fourth-order valence-electron chi connectivity index (χ4n) is 12.4. The van der Waals surface area contributed by atoms with E-state index in [1.54, 1.807) is 12.1 Å². The zero-order valence-electron chi connectivity index (χ0n) is 27.0. The SMILES string of the molecule is COc1c([C@@]23CCN(C)[C@@H]4CCC(=O)N(c5c(O)cccc52)[C@]43O)cc2c(c1O)N(C)[C@@H]1C=C[C@@]34CCCN5CC[C@@]21[C@]53OC(=O)C4. The number of methoxy groups -OCH3 is 1. The van der Waals surface area contributed by atoms with Gasteiger partial charge in [-0.2, -0.15) is 0 Å². The number of para-hydroxylation sites is 1. The van der Waals surface area contributed by atoms with Gasteiger partial charge in [-0.3, -0.25) is 24.3 Å². The van der Waals surface area contributed by atoms with Crippen LogP contribution in [0.25, 0.3) is 0 Å². The van der Waals surface area contributed by atoms with Crippen LogP contribution >= 0.6 is 0 Å². The monoisotopic (exact) mass is 640 g/mol. The third-order valence-electron chi connectivity index (χ3n) is 13.9. The van der Waals surface area contributed by atoms with Gasteiger partial charge in [0.15, 0.2) is 22.9 Å². The van der Waals surface area contributed by atoms with Gasteiger partial charge in [0.05, 0.1) is 53.2 Å². The Hall–Kier alpha value is -3.80. The van der Waals surface area contributed by atoms with Crippen LogP contribution in [0.2, 0.25) is 0 Å². The van der Waals surface area contributed by atoms with Gasteiger partial charge < -0.3 is 29.7 Å². The molecule has 0 unspecified atom stereocenters. The number of carbonyl (C=O) groups excluding carboxylic acids is 2. The molecule has 2 spiro atoms. The van der Waals surface area contributed by atoms with E-state index in [1.807, 2.05) is 20.2 Å². The van der Waals surface area contributed by atoms with Crippen molar-refractivity contribution < 1.29 is 34.4 Å². The lowest BCUT2D eigenvalue weighted by atomic mass is 9.52. The Labute approximate surface area is 272 Å². The Balaban J connectivity index is 1.31. The summed E-state index contributed by atoms with van der Waals surface area (Å²) in [6.45, 7) is 2.19. The van der Waals surface area contributed by atoms with Gasteiger partial charge in [0.1, 0.15) is 5.75 Å². The molecule has 0 radical (unpaired) electrons. The lowest BCUT2D eigenvalue weighted by molar-refractivity contribution is -0.207. The minimum absolute atomic E-state index is 0.0315. The van der Waals surface area contributed by atoms with Crippen molar-refractivity contribution in [3.05, 3.63) is 53.1 Å². The van der Waals surface area contributed by atoms with E-state index >= 15 is 0 Å². The Bertz CT molecular complexity index is 1860. The van der Waals surface area contributed by atoms with Gasteiger partial charge in [-0.25, -0.2) is 0 Å². The van der Waals surface area contributed by atoms with Crippen LogP contribution in [0.3, 0.4) is 0 Å². The molecule has 0 bridgehead atoms. The van der Waals surface area contributed by atoms with Gasteiger partial charge in [0.2, 0.25) is 5.91 Å². The molecule has 5 saturated heterocycles. The topological polar surface area (TPSA) is 126 Å². The first kappa shape index (κ1) is 28.2. The number of carbonyl (C=O) groups is 2. The first-order chi connectivity index (χ1) is 22.5. The van der Waals surface area contributed by atoms with Crippen molar-refractivity contribution in [2.24, 2.45) is 5.41 Å². The van der Waals surface area contributed by atoms with Crippen LogP contribution in [0.1, 0.15) is 61.6 Å². The number of hydrogen-bond donors (Lipinski definition) is 3. The average Bonchev–Trinajstić information content (AvgIpc) is 3.70. The molecule has 10 rings (SSSR count). The molecule has 7 atom stereocenters. The van der Waals surface area contributed by atoms with Crippen LogP contribution in [-0.4, -0.2) is 101 Å². The Morgan fingerprint density at radius 1 is 1.00 bits per heavy atom. The van der Waals surface area contributed by atoms with E-state index in [-0.39, 0.29) is 41.6 Å². The fourth-order valence-corrected chi connectivity index (χ4v) is 12.4. The standard InChI is InChI=1S/C36H40N4O7/c1-37-16-13-33(20-6-4-7-23(41)28(20)40-26(42)9-8-25(37)35(33,40)45)22-18-21-29(30(44)31(22)46-3)38(2)24-10-12-32-11-5-15-39-17-14-34(21,24)36(32,39)47-27(43)19-32/h4,6-7,10,12,18,24-25,41,44-45H,5,8-9,11,13-17,19H2,1-3H3/t24-,25-,32-,33-,34-,35+,36+/m1/s1. The number of likely N-dealkylation sites (tertiary alicyclic amines) is 1. The highest BCUT2D eigenvalue weighted by Crippen LogP contribution is 2.74. The third kappa shape index (κ3) is 2.62. The summed E-state index contributed by atoms with van der Waals surface area (Å²) in [7, 11) is 5.48. The maximum Gasteiger partial charge on any atom is 0.308 e. The van der Waals surface area contributed by atoms with E-state index in [9.17, 15) is 24.9 Å². The summed E-state index contributed by atoms with van der Waals surface area (Å²) in [5.41, 5.74) is -2.04. The van der Waals surface area contributed by atoms with Crippen molar-refractivity contribution >= 4 is 23.3 Å². The maximum absolute atomic E-state index is 13.8. The lowest BCUT2D eigenvalue weighted by Gasteiger charge is -2.59. The maximum atomic E-state index is 13.8. The number of phenolic OH excluding ortho intramolecular Hbond substituents is 2. The largest absolute Gasteiger partial charge is 0.506 e. The van der Waals surface area contributed by atoms with Gasteiger partial charge in [-0.05, 0) is 69.0 Å². The van der Waals surface area contributed by atoms with E-state index in [0.29, 0.717) is 48.3 Å². The molecule has 8 aliphatic rings. The normalized spacial score (nSPS) is 40.9. The predicted molar refractivity (Wildman–Crippen MR) is 171 cm³/mol. The minimum Gasteiger partial charge on any atom is -0.506 e. The molecule has 2 aromatic rings. The van der Waals surface area contributed by atoms with Gasteiger partial charge in [0.25, 0.3) is 0 Å². The van der Waals surface area contributed by atoms with Crippen LogP contribution in [0.5, 0.6) is 17.2 Å². The van der Waals surface area contributed by atoms with Crippen LogP contribution in [0.4, 0.5) is 11.4 Å². The van der Waals surface area contributed by atoms with Crippen LogP contribution in [0.15, 0.2) is 36.4 Å². The Morgan fingerprint density at radius 3 is 2.64 bits per heavy atom. The number of piperidine rings is 3. The highest BCUT2D eigenvalue weighted by molar-refractivity contribution is 6.02. The summed E-state index contributed by atoms with van der Waals surface area (Å²) < 4.78 is 12.8. The number of likely N-dealkylation sites (N-methyl/N-ethyl adjacent to an activating group) is 2. The zero-order valence-corrected chi connectivity index (χ0v) is 27.0. The van der Waals surface area contributed by atoms with Crippen molar-refractivity contribution in [1.82, 2.24) is 9.80 Å². The smallest absolute Gasteiger partial charge is 0.308 e. The summed E-state index contributed by atoms with van der Waals surface area (Å²) in [4.78, 5) is 35.3. The highest BCUT2D eigenvalue weighted by atomic mass is 16.6. The second-order valence-electron chi connectivity index (χ2n) is 15.2. The van der Waals surface area contributed by atoms with Gasteiger partial charge in [-0.1, -0.05) is 24.3 Å². The van der Waals surface area contributed by atoms with E-state index in [1.165, 1.54) is 12.0 Å². The number of anilines is 2. The zero-order chi connectivity index (χ0) is 32.5. The number of aliphatic hydroxyl groups is 1. The summed E-state index contributed by atoms with van der Waals surface area (Å²) >= 11 is 0. The molecule has 3 N–H and O–H groups in total. The van der Waals surface area contributed by atoms with Gasteiger partial charge in [-0.15, -0.1) is 0 Å². The lowest BCUT2D eigenvalue weighted by Crippen LogP contribution is -2.75. The quantitative estimate of drug-likeness (QED) is 0.333. The van der Waals surface area contributed by atoms with Crippen LogP contribution in [-0.2, 0) is 25.2 Å². The molecule has 246 valence electrons. The molecule has 2 aromatic carbocycles. The molecule has 1 aliphatic carbocycles. The van der Waals surface area contributed by atoms with Crippen molar-refractivity contribution in [2.75, 3.05) is 50.6 Å². The second-order valence-corrected chi connectivity index (χ2v) is 15.2. The van der Waals surface area contributed by atoms with Crippen molar-refractivity contribution in [3.63, 3.8) is 0 Å². The van der Waals surface area contributed by atoms with E-state index < -0.39 is 33.7 Å². The average molecular weight is 641 g/mol. The fraction of sp³-hybridized carbons (Fsp3) is 0.556. The van der Waals surface area contributed by atoms with Gasteiger partial charge >= 0.3 is 5.97 Å². The first-order valence-corrected chi connectivity index (χ1v) is 17.0. The molecule has 11 heteroatoms. The number of amides is 1. The summed E-state index contributed by atoms with van der Waals surface area (Å²) in [5, 5.41) is 37.1. The summed E-state index contributed by atoms with van der Waals surface area (Å²) in [5.74, 6) is -0.307. The molecule has 0 saturated carbocycles. The molecular weight excluding hydrogens is 600 g/mol. The Morgan fingerprint density at radius 2 is 1.83 bits per heavy atom. The molecule has 7 heterocycles. The number of rotatable bonds is 2. The highest BCUT2D eigenvalue weighted by Gasteiger charge is 2.81. The first-order valence-electron chi connectivity index (χ1n) is 17.0. The molecule has 1 amide bonds. The number of benzene rings is 2. The molecule has 5 fully saturated rings. The van der Waals surface area contributed by atoms with E-state index in [2.05, 4.69) is 32.9 Å². The van der Waals surface area contributed by atoms with Gasteiger partial charge in [0, 0.05) is 32.1 Å². The molecule has 47 heavy (non-hydrogen) atoms. The van der Waals surface area contributed by atoms with Crippen molar-refractivity contribution in [1.29, 1.82) is 0 Å². The molecular formula is C36H40N4O7. The second kappa shape index (κ2) is 8.43. The van der Waals surface area contributed by atoms with E-state index in [4.69, 9.17) is 9.47 Å². The number of nitrogens with zero attached hydrogens (tertiary/aromatic N) is 4. The number of fused-ring (bicyclic) bond motifs is 4. The summed E-state index contributed by atoms with van der Waals surface area (Å²) in [6, 6.07) is 6.68. The summed E-state index contributed by atoms with van der Waals surface area (Å²) in [6.07, 6.45) is 8.41. The molecule has 11 nitrogen and oxygen atoms in total. The number of aromatic hydroxyl groups is 2. The number of phenols is 2. The van der Waals surface area contributed by atoms with E-state index in [0.717, 1.165) is 37.9 Å². The number of esters is 1. The van der Waals surface area contributed by atoms with Crippen molar-refractivity contribution in [2.45, 2.75) is 79.3 Å². The number of hydrogen-bond acceptors (Lipinski definition) is 10. The Kier molecular flexibility index (Phi) is 5.06. The minimum atomic E-state index is -1.77. The molecule has 7 aliphatic heterocycles.